The average molecular weight is 139 g/mol. The largest absolute Gasteiger partial charge is 0.454 e. The van der Waals surface area contributed by atoms with Crippen LogP contribution in [0.2, 0.25) is 0 Å². The van der Waals surface area contributed by atoms with Crippen molar-refractivity contribution in [3.8, 4) is 0 Å². The third kappa shape index (κ3) is 17.1. The number of ether oxygens (including phenoxy) is 1. The Kier molecular flexibility index (Phi) is 13.2. The lowest BCUT2D eigenvalue weighted by Gasteiger charge is -1.86. The van der Waals surface area contributed by atoms with E-state index < -0.39 is 5.43 Å². The quantitative estimate of drug-likeness (QED) is 0.520. The number of carbonyl (C=O) groups is 1. The third-order valence-corrected chi connectivity index (χ3v) is 0.367. The van der Waals surface area contributed by atoms with Gasteiger partial charge in [-0.2, -0.15) is 0 Å². The highest BCUT2D eigenvalue weighted by Gasteiger charge is 1.85. The Balaban J connectivity index is 0. The molecule has 2 nitrogen and oxygen atoms in total. The molecule has 8 heavy (non-hydrogen) atoms. The van der Waals surface area contributed by atoms with Gasteiger partial charge in [-0.1, -0.05) is 13.8 Å². The maximum Gasteiger partial charge on any atom is 0.403 e. The second kappa shape index (κ2) is 9.90. The average Bonchev–Trinajstić information content (AvgIpc) is 1.72. The monoisotopic (exact) mass is 138 g/mol. The van der Waals surface area contributed by atoms with Crippen LogP contribution in [0.25, 0.3) is 0 Å². The number of carbonyl (C=O) groups excluding carboxylic acids is 1. The van der Waals surface area contributed by atoms with Crippen molar-refractivity contribution in [3.05, 3.63) is 0 Å². The summed E-state index contributed by atoms with van der Waals surface area (Å²) < 4.78 is 4.17. The summed E-state index contributed by atoms with van der Waals surface area (Å²) >= 11 is 4.72. The van der Waals surface area contributed by atoms with E-state index >= 15 is 0 Å². The van der Waals surface area contributed by atoms with Gasteiger partial charge in [0, 0.05) is 11.6 Å². The first-order valence-corrected chi connectivity index (χ1v) is 2.97. The van der Waals surface area contributed by atoms with Crippen LogP contribution in [0.1, 0.15) is 20.8 Å². The molecule has 0 N–H and O–H groups in total. The van der Waals surface area contributed by atoms with Crippen molar-refractivity contribution in [3.63, 3.8) is 0 Å². The predicted octanol–water partition coefficient (Wildman–Crippen LogP) is 2.41. The van der Waals surface area contributed by atoms with Crippen molar-refractivity contribution in [2.45, 2.75) is 20.8 Å². The van der Waals surface area contributed by atoms with Crippen LogP contribution in [0, 0.1) is 0 Å². The van der Waals surface area contributed by atoms with Gasteiger partial charge in [0.1, 0.15) is 0 Å². The summed E-state index contributed by atoms with van der Waals surface area (Å²) in [4.78, 5) is 9.59. The van der Waals surface area contributed by atoms with E-state index in [0.717, 1.165) is 0 Å². The Hall–Kier alpha value is -0.240. The molecule has 0 saturated heterocycles. The first-order chi connectivity index (χ1) is 3.77. The van der Waals surface area contributed by atoms with Crippen LogP contribution in [-0.4, -0.2) is 12.0 Å². The minimum atomic E-state index is -0.738. The molecule has 0 aliphatic heterocycles. The molecule has 0 aliphatic carbocycles. The van der Waals surface area contributed by atoms with Gasteiger partial charge in [0.05, 0.1) is 6.61 Å². The minimum absolute atomic E-state index is 0.350. The fourth-order valence-electron chi connectivity index (χ4n) is 0.113. The summed E-state index contributed by atoms with van der Waals surface area (Å²) in [6.07, 6.45) is 0. The van der Waals surface area contributed by atoms with E-state index in [0.29, 0.717) is 6.61 Å². The Bertz CT molecular complexity index is 54.4. The molecular formula is C5H11ClO2. The van der Waals surface area contributed by atoms with Crippen LogP contribution in [0.5, 0.6) is 0 Å². The zero-order valence-corrected chi connectivity index (χ0v) is 6.16. The predicted molar refractivity (Wildman–Crippen MR) is 34.2 cm³/mol. The van der Waals surface area contributed by atoms with E-state index in [9.17, 15) is 4.79 Å². The highest BCUT2D eigenvalue weighted by molar-refractivity contribution is 6.61. The van der Waals surface area contributed by atoms with Gasteiger partial charge in [0.15, 0.2) is 0 Å². The number of hydrogen-bond donors (Lipinski definition) is 0. The summed E-state index contributed by atoms with van der Waals surface area (Å²) in [5.41, 5.74) is -0.738. The molecule has 0 saturated carbocycles. The molecule has 0 bridgehead atoms. The molecule has 0 amide bonds. The van der Waals surface area contributed by atoms with Gasteiger partial charge in [0.2, 0.25) is 0 Å². The van der Waals surface area contributed by atoms with Crippen LogP contribution in [0.3, 0.4) is 0 Å². The van der Waals surface area contributed by atoms with E-state index in [2.05, 4.69) is 4.74 Å². The summed E-state index contributed by atoms with van der Waals surface area (Å²) in [6.45, 7) is 6.04. The molecule has 3 heteroatoms. The Morgan fingerprint density at radius 2 is 2.00 bits per heavy atom. The molecule has 0 atom stereocenters. The number of hydrogen-bond acceptors (Lipinski definition) is 2. The summed E-state index contributed by atoms with van der Waals surface area (Å²) in [7, 11) is 0. The lowest BCUT2D eigenvalue weighted by atomic mass is 10.9. The van der Waals surface area contributed by atoms with Gasteiger partial charge in [-0.05, 0) is 6.92 Å². The van der Waals surface area contributed by atoms with Gasteiger partial charge in [-0.15, -0.1) is 0 Å². The molecular weight excluding hydrogens is 128 g/mol. The molecule has 0 radical (unpaired) electrons. The zero-order valence-electron chi connectivity index (χ0n) is 5.40. The van der Waals surface area contributed by atoms with Crippen molar-refractivity contribution in [2.24, 2.45) is 0 Å². The maximum atomic E-state index is 9.59. The fourth-order valence-corrected chi connectivity index (χ4v) is 0.223. The van der Waals surface area contributed by atoms with Crippen molar-refractivity contribution < 1.29 is 9.53 Å². The highest BCUT2D eigenvalue weighted by atomic mass is 35.5. The van der Waals surface area contributed by atoms with E-state index in [1.54, 1.807) is 6.92 Å². The molecule has 0 aromatic heterocycles. The van der Waals surface area contributed by atoms with Crippen LogP contribution < -0.4 is 0 Å². The SMILES string of the molecule is CC.CCOC(=O)Cl. The minimum Gasteiger partial charge on any atom is -0.454 e. The Morgan fingerprint density at radius 3 is 2.00 bits per heavy atom. The first kappa shape index (κ1) is 10.7. The highest BCUT2D eigenvalue weighted by Crippen LogP contribution is 1.82. The number of rotatable bonds is 1. The molecule has 0 aromatic carbocycles. The molecule has 0 aromatic rings. The molecule has 0 rings (SSSR count). The second-order valence-corrected chi connectivity index (χ2v) is 0.979. The summed E-state index contributed by atoms with van der Waals surface area (Å²) in [5.74, 6) is 0. The third-order valence-electron chi connectivity index (χ3n) is 0.258. The van der Waals surface area contributed by atoms with Gasteiger partial charge in [-0.25, -0.2) is 4.79 Å². The molecule has 0 unspecified atom stereocenters. The van der Waals surface area contributed by atoms with Crippen LogP contribution in [0.15, 0.2) is 0 Å². The van der Waals surface area contributed by atoms with Crippen molar-refractivity contribution in [1.82, 2.24) is 0 Å². The van der Waals surface area contributed by atoms with Gasteiger partial charge < -0.3 is 4.74 Å². The van der Waals surface area contributed by atoms with Gasteiger partial charge in [-0.3, -0.25) is 0 Å². The van der Waals surface area contributed by atoms with Crippen molar-refractivity contribution in [1.29, 1.82) is 0 Å². The maximum absolute atomic E-state index is 9.59. The second-order valence-electron chi connectivity index (χ2n) is 0.671. The Labute approximate surface area is 54.8 Å². The van der Waals surface area contributed by atoms with E-state index in [1.807, 2.05) is 13.8 Å². The van der Waals surface area contributed by atoms with E-state index in [4.69, 9.17) is 11.6 Å². The van der Waals surface area contributed by atoms with Crippen molar-refractivity contribution in [2.75, 3.05) is 6.61 Å². The molecule has 0 heterocycles. The Morgan fingerprint density at radius 1 is 1.62 bits per heavy atom. The lowest BCUT2D eigenvalue weighted by molar-refractivity contribution is 0.180. The van der Waals surface area contributed by atoms with Crippen molar-refractivity contribution >= 4 is 17.0 Å². The number of halogens is 1. The molecule has 0 spiro atoms. The van der Waals surface area contributed by atoms with Crippen LogP contribution in [-0.2, 0) is 4.74 Å². The van der Waals surface area contributed by atoms with Gasteiger partial charge in [0.25, 0.3) is 0 Å². The molecule has 0 aliphatic rings. The summed E-state index contributed by atoms with van der Waals surface area (Å²) in [6, 6.07) is 0. The first-order valence-electron chi connectivity index (χ1n) is 2.59. The lowest BCUT2D eigenvalue weighted by Crippen LogP contribution is -1.89. The zero-order chi connectivity index (χ0) is 6.99. The topological polar surface area (TPSA) is 26.3 Å². The standard InChI is InChI=1S/C3H5ClO2.C2H6/c1-2-6-3(4)5;1-2/h2H2,1H3;1-2H3. The van der Waals surface area contributed by atoms with Gasteiger partial charge >= 0.3 is 5.43 Å². The van der Waals surface area contributed by atoms with Crippen LogP contribution >= 0.6 is 11.6 Å². The normalized spacial score (nSPS) is 6.50. The smallest absolute Gasteiger partial charge is 0.403 e. The van der Waals surface area contributed by atoms with E-state index in [-0.39, 0.29) is 0 Å². The molecule has 50 valence electrons. The van der Waals surface area contributed by atoms with Crippen LogP contribution in [0.4, 0.5) is 4.79 Å². The van der Waals surface area contributed by atoms with E-state index in [1.165, 1.54) is 0 Å². The fraction of sp³-hybridized carbons (Fsp3) is 0.800. The summed E-state index contributed by atoms with van der Waals surface area (Å²) in [5, 5.41) is 0. The molecule has 0 fully saturated rings.